The van der Waals surface area contributed by atoms with Gasteiger partial charge in [-0.25, -0.2) is 4.79 Å². The highest BCUT2D eigenvalue weighted by Crippen LogP contribution is 2.14. The van der Waals surface area contributed by atoms with Gasteiger partial charge in [0.1, 0.15) is 6.04 Å². The van der Waals surface area contributed by atoms with E-state index in [1.165, 1.54) is 7.11 Å². The molecule has 0 bridgehead atoms. The van der Waals surface area contributed by atoms with E-state index < -0.39 is 12.1 Å². The largest absolute Gasteiger partial charge is 0.450 e. The molecular formula is C13H19N3O4. The maximum atomic E-state index is 11.6. The van der Waals surface area contributed by atoms with Crippen molar-refractivity contribution in [1.82, 2.24) is 0 Å². The molecule has 0 saturated carbocycles. The van der Waals surface area contributed by atoms with E-state index >= 15 is 0 Å². The molecule has 0 radical (unpaired) electrons. The third-order valence-corrected chi connectivity index (χ3v) is 2.36. The second-order valence-electron chi connectivity index (χ2n) is 3.97. The number of hydrogen-bond acceptors (Lipinski definition) is 5. The van der Waals surface area contributed by atoms with Gasteiger partial charge in [-0.1, -0.05) is 0 Å². The highest BCUT2D eigenvalue weighted by molar-refractivity contribution is 5.95. The quantitative estimate of drug-likeness (QED) is 0.726. The predicted molar refractivity (Wildman–Crippen MR) is 75.6 cm³/mol. The van der Waals surface area contributed by atoms with Crippen LogP contribution in [0.15, 0.2) is 24.3 Å². The number of rotatable bonds is 6. The zero-order chi connectivity index (χ0) is 15.0. The van der Waals surface area contributed by atoms with Gasteiger partial charge in [-0.15, -0.1) is 0 Å². The average molecular weight is 281 g/mol. The fourth-order valence-corrected chi connectivity index (χ4v) is 1.41. The van der Waals surface area contributed by atoms with E-state index in [0.29, 0.717) is 18.0 Å². The van der Waals surface area contributed by atoms with Gasteiger partial charge in [-0.05, 0) is 31.2 Å². The molecule has 0 saturated heterocycles. The molecule has 110 valence electrons. The molecule has 1 aromatic rings. The van der Waals surface area contributed by atoms with Crippen LogP contribution in [-0.4, -0.2) is 38.4 Å². The van der Waals surface area contributed by atoms with Crippen LogP contribution in [0.25, 0.3) is 0 Å². The Labute approximate surface area is 117 Å². The zero-order valence-corrected chi connectivity index (χ0v) is 11.5. The van der Waals surface area contributed by atoms with Crippen LogP contribution in [0.2, 0.25) is 0 Å². The van der Waals surface area contributed by atoms with Crippen molar-refractivity contribution in [2.75, 3.05) is 31.0 Å². The minimum Gasteiger partial charge on any atom is -0.450 e. The molecule has 0 aromatic heterocycles. The van der Waals surface area contributed by atoms with Gasteiger partial charge in [0.25, 0.3) is 0 Å². The summed E-state index contributed by atoms with van der Waals surface area (Å²) in [5.41, 5.74) is 6.75. The van der Waals surface area contributed by atoms with E-state index in [0.717, 1.165) is 0 Å². The first-order valence-corrected chi connectivity index (χ1v) is 6.16. The number of anilines is 2. The summed E-state index contributed by atoms with van der Waals surface area (Å²) in [4.78, 5) is 22.8. The van der Waals surface area contributed by atoms with Gasteiger partial charge in [0.05, 0.1) is 13.2 Å². The monoisotopic (exact) mass is 281 g/mol. The lowest BCUT2D eigenvalue weighted by molar-refractivity contribution is -0.118. The van der Waals surface area contributed by atoms with Crippen molar-refractivity contribution in [2.45, 2.75) is 13.0 Å². The summed E-state index contributed by atoms with van der Waals surface area (Å²) in [6.45, 7) is 2.17. The Morgan fingerprint density at radius 3 is 2.25 bits per heavy atom. The summed E-state index contributed by atoms with van der Waals surface area (Å²) in [6, 6.07) is 5.87. The number of carbonyl (C=O) groups is 2. The minimum absolute atomic E-state index is 0.147. The minimum atomic E-state index is -0.725. The predicted octanol–water partition coefficient (Wildman–Crippen LogP) is 1.17. The van der Waals surface area contributed by atoms with Crippen molar-refractivity contribution < 1.29 is 19.1 Å². The van der Waals surface area contributed by atoms with Crippen LogP contribution in [-0.2, 0) is 14.3 Å². The number of amides is 2. The molecule has 7 heteroatoms. The molecule has 1 aromatic carbocycles. The van der Waals surface area contributed by atoms with Crippen LogP contribution in [0.4, 0.5) is 16.2 Å². The normalized spacial score (nSPS) is 11.6. The van der Waals surface area contributed by atoms with E-state index in [1.807, 2.05) is 0 Å². The summed E-state index contributed by atoms with van der Waals surface area (Å²) in [5.74, 6) is -0.335. The van der Waals surface area contributed by atoms with Crippen molar-refractivity contribution in [2.24, 2.45) is 5.73 Å². The molecule has 20 heavy (non-hydrogen) atoms. The molecule has 0 spiro atoms. The van der Waals surface area contributed by atoms with Crippen molar-refractivity contribution in [3.05, 3.63) is 24.3 Å². The maximum absolute atomic E-state index is 11.6. The Bertz CT molecular complexity index is 447. The number of nitrogens with two attached hydrogens (primary N) is 1. The third-order valence-electron chi connectivity index (χ3n) is 2.36. The van der Waals surface area contributed by atoms with Gasteiger partial charge in [0.15, 0.2) is 0 Å². The lowest BCUT2D eigenvalue weighted by Gasteiger charge is -2.11. The fourth-order valence-electron chi connectivity index (χ4n) is 1.41. The molecule has 0 aliphatic rings. The summed E-state index contributed by atoms with van der Waals surface area (Å²) >= 11 is 0. The van der Waals surface area contributed by atoms with Crippen LogP contribution in [0.5, 0.6) is 0 Å². The highest BCUT2D eigenvalue weighted by Gasteiger charge is 2.13. The number of carbonyl (C=O) groups excluding carboxylic acids is 2. The molecule has 0 aliphatic carbocycles. The van der Waals surface area contributed by atoms with E-state index in [-0.39, 0.29) is 12.5 Å². The van der Waals surface area contributed by atoms with E-state index in [2.05, 4.69) is 10.6 Å². The first kappa shape index (κ1) is 15.9. The number of methoxy groups -OCH3 is 1. The van der Waals surface area contributed by atoms with E-state index in [1.54, 1.807) is 31.2 Å². The Hall–Kier alpha value is -2.12. The lowest BCUT2D eigenvalue weighted by Crippen LogP contribution is -2.39. The Balaban J connectivity index is 2.54. The molecule has 0 fully saturated rings. The topological polar surface area (TPSA) is 103 Å². The third kappa shape index (κ3) is 5.25. The van der Waals surface area contributed by atoms with Gasteiger partial charge in [-0.2, -0.15) is 0 Å². The van der Waals surface area contributed by atoms with Crippen molar-refractivity contribution >= 4 is 23.4 Å². The Kier molecular flexibility index (Phi) is 6.48. The zero-order valence-electron chi connectivity index (χ0n) is 11.5. The molecular weight excluding hydrogens is 262 g/mol. The van der Waals surface area contributed by atoms with Gasteiger partial charge in [0, 0.05) is 18.5 Å². The summed E-state index contributed by atoms with van der Waals surface area (Å²) < 4.78 is 9.55. The van der Waals surface area contributed by atoms with E-state index in [4.69, 9.17) is 15.2 Å². The number of benzene rings is 1. The maximum Gasteiger partial charge on any atom is 0.411 e. The van der Waals surface area contributed by atoms with Crippen molar-refractivity contribution in [3.8, 4) is 0 Å². The van der Waals surface area contributed by atoms with Crippen LogP contribution < -0.4 is 16.4 Å². The Morgan fingerprint density at radius 2 is 1.75 bits per heavy atom. The van der Waals surface area contributed by atoms with Crippen molar-refractivity contribution in [3.63, 3.8) is 0 Å². The molecule has 1 unspecified atom stereocenters. The van der Waals surface area contributed by atoms with Gasteiger partial charge in [0.2, 0.25) is 5.91 Å². The number of nitrogens with one attached hydrogen (secondary N) is 2. The second kappa shape index (κ2) is 8.13. The molecule has 0 aliphatic heterocycles. The molecule has 4 N–H and O–H groups in total. The molecule has 1 atom stereocenters. The standard InChI is InChI=1S/C13H19N3O4/c1-3-20-13(18)16-10-6-4-9(5-7-10)15-12(17)11(14)8-19-2/h4-7,11H,3,8,14H2,1-2H3,(H,15,17)(H,16,18). The van der Waals surface area contributed by atoms with Gasteiger partial charge in [-0.3, -0.25) is 10.1 Å². The highest BCUT2D eigenvalue weighted by atomic mass is 16.5. The van der Waals surface area contributed by atoms with Crippen LogP contribution in [0.1, 0.15) is 6.92 Å². The van der Waals surface area contributed by atoms with Crippen LogP contribution in [0.3, 0.4) is 0 Å². The fraction of sp³-hybridized carbons (Fsp3) is 0.385. The van der Waals surface area contributed by atoms with Crippen molar-refractivity contribution in [1.29, 1.82) is 0 Å². The smallest absolute Gasteiger partial charge is 0.411 e. The Morgan fingerprint density at radius 1 is 1.20 bits per heavy atom. The first-order valence-electron chi connectivity index (χ1n) is 6.16. The van der Waals surface area contributed by atoms with Crippen LogP contribution in [0, 0.1) is 0 Å². The van der Waals surface area contributed by atoms with E-state index in [9.17, 15) is 9.59 Å². The lowest BCUT2D eigenvalue weighted by atomic mass is 10.2. The summed E-state index contributed by atoms with van der Waals surface area (Å²) in [7, 11) is 1.48. The number of ether oxygens (including phenoxy) is 2. The summed E-state index contributed by atoms with van der Waals surface area (Å²) in [5, 5.41) is 5.19. The second-order valence-corrected chi connectivity index (χ2v) is 3.97. The van der Waals surface area contributed by atoms with Crippen LogP contribution >= 0.6 is 0 Å². The molecule has 0 heterocycles. The SMILES string of the molecule is CCOC(=O)Nc1ccc(NC(=O)C(N)COC)cc1. The number of hydrogen-bond donors (Lipinski definition) is 3. The molecule has 2 amide bonds. The first-order chi connectivity index (χ1) is 9.56. The average Bonchev–Trinajstić information content (AvgIpc) is 2.41. The molecule has 1 rings (SSSR count). The summed E-state index contributed by atoms with van der Waals surface area (Å²) in [6.07, 6.45) is -0.522. The van der Waals surface area contributed by atoms with Gasteiger partial charge >= 0.3 is 6.09 Å². The van der Waals surface area contributed by atoms with Gasteiger partial charge < -0.3 is 20.5 Å². The molecule has 7 nitrogen and oxygen atoms in total.